The van der Waals surface area contributed by atoms with Crippen molar-refractivity contribution in [2.75, 3.05) is 13.1 Å². The fraction of sp³-hybridized carbons (Fsp3) is 0.923. The molecule has 0 aromatic rings. The van der Waals surface area contributed by atoms with Gasteiger partial charge in [0.2, 0.25) is 5.91 Å². The van der Waals surface area contributed by atoms with Gasteiger partial charge in [-0.1, -0.05) is 77.6 Å². The fourth-order valence-corrected chi connectivity index (χ4v) is 4.64. The van der Waals surface area contributed by atoms with E-state index in [2.05, 4.69) is 17.2 Å². The van der Waals surface area contributed by atoms with Gasteiger partial charge >= 0.3 is 0 Å². The van der Waals surface area contributed by atoms with Crippen molar-refractivity contribution in [2.45, 2.75) is 140 Å². The largest absolute Gasteiger partial charge is 0.370 e. The molecule has 6 nitrogen and oxygen atoms in total. The van der Waals surface area contributed by atoms with E-state index in [1.165, 1.54) is 57.8 Å². The molecule has 33 heavy (non-hydrogen) atoms. The van der Waals surface area contributed by atoms with Gasteiger partial charge in [0, 0.05) is 19.5 Å². The number of carbonyl (C=O) groups is 1. The molecule has 3 atom stereocenters. The first-order valence-electron chi connectivity index (χ1n) is 13.7. The highest BCUT2D eigenvalue weighted by molar-refractivity contribution is 6.21. The second-order valence-electron chi connectivity index (χ2n) is 9.59. The lowest BCUT2D eigenvalue weighted by Crippen LogP contribution is -2.24. The van der Waals surface area contributed by atoms with Crippen LogP contribution in [0.15, 0.2) is 4.99 Å². The Bertz CT molecular complexity index is 515. The van der Waals surface area contributed by atoms with Crippen LogP contribution in [0.1, 0.15) is 122 Å². The molecule has 7 heteroatoms. The summed E-state index contributed by atoms with van der Waals surface area (Å²) in [6.07, 6.45) is 21.6. The van der Waals surface area contributed by atoms with Crippen LogP contribution in [-0.2, 0) is 9.53 Å². The van der Waals surface area contributed by atoms with Gasteiger partial charge in [-0.05, 0) is 38.5 Å². The molecule has 0 unspecified atom stereocenters. The number of carbonyl (C=O) groups excluding carboxylic acids is 1. The van der Waals surface area contributed by atoms with Crippen LogP contribution in [0.2, 0.25) is 0 Å². The summed E-state index contributed by atoms with van der Waals surface area (Å²) in [5.41, 5.74) is 10.6. The lowest BCUT2D eigenvalue weighted by molar-refractivity contribution is -0.121. The van der Waals surface area contributed by atoms with Gasteiger partial charge in [-0.15, -0.1) is 11.6 Å². The van der Waals surface area contributed by atoms with Crippen molar-refractivity contribution in [3.63, 3.8) is 0 Å². The molecule has 0 aromatic carbocycles. The van der Waals surface area contributed by atoms with Crippen LogP contribution in [-0.4, -0.2) is 42.5 Å². The zero-order valence-corrected chi connectivity index (χ0v) is 21.9. The number of nitrogens with zero attached hydrogens (tertiary/aromatic N) is 1. The molecule has 5 N–H and O–H groups in total. The number of nitrogens with one attached hydrogen (secondary N) is 1. The first kappa shape index (κ1) is 30.0. The van der Waals surface area contributed by atoms with Crippen molar-refractivity contribution in [3.8, 4) is 0 Å². The third kappa shape index (κ3) is 18.0. The average Bonchev–Trinajstić information content (AvgIpc) is 3.56. The van der Waals surface area contributed by atoms with Crippen molar-refractivity contribution >= 4 is 23.5 Å². The first-order valence-corrected chi connectivity index (χ1v) is 14.1. The number of ether oxygens (including phenoxy) is 1. The van der Waals surface area contributed by atoms with E-state index >= 15 is 0 Å². The Kier molecular flexibility index (Phi) is 18.5. The van der Waals surface area contributed by atoms with Crippen LogP contribution in [0.4, 0.5) is 0 Å². The quantitative estimate of drug-likeness (QED) is 0.0558. The van der Waals surface area contributed by atoms with Crippen molar-refractivity contribution in [2.24, 2.45) is 16.5 Å². The highest BCUT2D eigenvalue weighted by Crippen LogP contribution is 2.35. The van der Waals surface area contributed by atoms with Crippen LogP contribution in [0, 0.1) is 0 Å². The van der Waals surface area contributed by atoms with Crippen LogP contribution >= 0.6 is 11.6 Å². The van der Waals surface area contributed by atoms with E-state index in [0.717, 1.165) is 57.9 Å². The molecule has 1 aliphatic rings. The number of aliphatic imine (C=N–C) groups is 1. The smallest absolute Gasteiger partial charge is 0.219 e. The molecule has 0 bridgehead atoms. The number of epoxide rings is 1. The van der Waals surface area contributed by atoms with Gasteiger partial charge in [0.15, 0.2) is 5.96 Å². The number of amides is 1. The Hall–Kier alpha value is -1.01. The monoisotopic (exact) mass is 486 g/mol. The lowest BCUT2D eigenvalue weighted by Gasteiger charge is -2.07. The number of hydrogen-bond donors (Lipinski definition) is 3. The number of guanidine groups is 1. The lowest BCUT2D eigenvalue weighted by atomic mass is 10.0. The van der Waals surface area contributed by atoms with Crippen LogP contribution < -0.4 is 16.8 Å². The Morgan fingerprint density at radius 2 is 1.55 bits per heavy atom. The van der Waals surface area contributed by atoms with Gasteiger partial charge in [0.05, 0.1) is 11.5 Å². The summed E-state index contributed by atoms with van der Waals surface area (Å²) in [6, 6.07) is 0. The Balaban J connectivity index is 1.85. The minimum atomic E-state index is 0.142. The van der Waals surface area contributed by atoms with Crippen molar-refractivity contribution in [3.05, 3.63) is 0 Å². The molecule has 0 aromatic heterocycles. The molecule has 0 aliphatic carbocycles. The highest BCUT2D eigenvalue weighted by Gasteiger charge is 2.42. The summed E-state index contributed by atoms with van der Waals surface area (Å²) < 4.78 is 5.81. The van der Waals surface area contributed by atoms with E-state index in [1.807, 2.05) is 0 Å². The predicted molar refractivity (Wildman–Crippen MR) is 141 cm³/mol. The topological polar surface area (TPSA) is 106 Å². The second kappa shape index (κ2) is 20.4. The molecule has 0 spiro atoms. The molecule has 0 radical (unpaired) electrons. The van der Waals surface area contributed by atoms with Crippen molar-refractivity contribution < 1.29 is 9.53 Å². The minimum Gasteiger partial charge on any atom is -0.370 e. The average molecular weight is 487 g/mol. The number of nitrogens with two attached hydrogens (primary N) is 2. The second-order valence-corrected chi connectivity index (χ2v) is 10.1. The molecular weight excluding hydrogens is 436 g/mol. The SMILES string of the molecule is CCCCCCCCCCC[C@@H](Cl)[C@H]1O[C@@H]1CCCCCC(=O)NCCCCCN=C(N)N. The molecule has 1 saturated heterocycles. The molecule has 0 saturated carbocycles. The van der Waals surface area contributed by atoms with Crippen molar-refractivity contribution in [1.82, 2.24) is 5.32 Å². The molecule has 194 valence electrons. The standard InChI is InChI=1S/C26H51ClN4O2/c1-2-3-4-5-6-7-8-9-12-17-22(27)25-23(33-25)18-13-10-14-19-24(32)30-20-15-11-16-21-31-26(28)29/h22-23,25H,2-21H2,1H3,(H,30,32)(H4,28,29,31)/t22-,23-,25-/m1/s1. The maximum atomic E-state index is 11.9. The van der Waals surface area contributed by atoms with Crippen molar-refractivity contribution in [1.29, 1.82) is 0 Å². The molecule has 1 fully saturated rings. The third-order valence-electron chi connectivity index (χ3n) is 6.41. The summed E-state index contributed by atoms with van der Waals surface area (Å²) in [5.74, 6) is 0.296. The number of unbranched alkanes of at least 4 members (excludes halogenated alkanes) is 12. The number of hydrogen-bond acceptors (Lipinski definition) is 3. The Morgan fingerprint density at radius 3 is 2.24 bits per heavy atom. The summed E-state index contributed by atoms with van der Waals surface area (Å²) in [6.45, 7) is 3.66. The maximum absolute atomic E-state index is 11.9. The number of halogens is 1. The van der Waals surface area contributed by atoms with Crippen LogP contribution in [0.5, 0.6) is 0 Å². The van der Waals surface area contributed by atoms with E-state index in [0.29, 0.717) is 19.1 Å². The van der Waals surface area contributed by atoms with Gasteiger partial charge in [-0.3, -0.25) is 9.79 Å². The van der Waals surface area contributed by atoms with Gasteiger partial charge in [-0.25, -0.2) is 0 Å². The Morgan fingerprint density at radius 1 is 0.909 bits per heavy atom. The van der Waals surface area contributed by atoms with E-state index in [9.17, 15) is 4.79 Å². The highest BCUT2D eigenvalue weighted by atomic mass is 35.5. The van der Waals surface area contributed by atoms with Gasteiger partial charge in [0.25, 0.3) is 0 Å². The van der Waals surface area contributed by atoms with Gasteiger partial charge in [0.1, 0.15) is 6.10 Å². The maximum Gasteiger partial charge on any atom is 0.219 e. The fourth-order valence-electron chi connectivity index (χ4n) is 4.27. The zero-order valence-electron chi connectivity index (χ0n) is 21.2. The summed E-state index contributed by atoms with van der Waals surface area (Å²) >= 11 is 6.56. The van der Waals surface area contributed by atoms with E-state index in [1.54, 1.807) is 0 Å². The zero-order chi connectivity index (χ0) is 24.2. The molecule has 1 amide bonds. The van der Waals surface area contributed by atoms with E-state index < -0.39 is 0 Å². The van der Waals surface area contributed by atoms with Gasteiger partial charge < -0.3 is 21.5 Å². The first-order chi connectivity index (χ1) is 16.0. The number of rotatable bonds is 23. The number of alkyl halides is 1. The third-order valence-corrected chi connectivity index (χ3v) is 6.87. The normalized spacial score (nSPS) is 18.1. The molecule has 1 aliphatic heterocycles. The Labute approximate surface area is 208 Å². The van der Waals surface area contributed by atoms with E-state index in [-0.39, 0.29) is 23.3 Å². The summed E-state index contributed by atoms with van der Waals surface area (Å²) in [4.78, 5) is 15.8. The van der Waals surface area contributed by atoms with E-state index in [4.69, 9.17) is 27.8 Å². The van der Waals surface area contributed by atoms with Crippen LogP contribution in [0.25, 0.3) is 0 Å². The summed E-state index contributed by atoms with van der Waals surface area (Å²) in [7, 11) is 0. The molecule has 1 heterocycles. The minimum absolute atomic E-state index is 0.142. The predicted octanol–water partition coefficient (Wildman–Crippen LogP) is 5.79. The molecule has 1 rings (SSSR count). The van der Waals surface area contributed by atoms with Crippen LogP contribution in [0.3, 0.4) is 0 Å². The molecular formula is C26H51ClN4O2. The van der Waals surface area contributed by atoms with Gasteiger partial charge in [-0.2, -0.15) is 0 Å². The summed E-state index contributed by atoms with van der Waals surface area (Å²) in [5, 5.41) is 3.16.